The standard InChI is InChI=1S/C20H27N3O2/c1-15-5-9-19(10-6-15)25-16(2)13-22-20(21-3)23-14-17-7-11-18(24-4)12-8-17/h5-12,16H,13-14H2,1-4H3,(H2,21,22,23). The van der Waals surface area contributed by atoms with E-state index in [9.17, 15) is 0 Å². The van der Waals surface area contributed by atoms with E-state index in [-0.39, 0.29) is 6.10 Å². The van der Waals surface area contributed by atoms with Crippen molar-refractivity contribution in [1.82, 2.24) is 10.6 Å². The predicted octanol–water partition coefficient (Wildman–Crippen LogP) is 3.14. The molecule has 0 fully saturated rings. The summed E-state index contributed by atoms with van der Waals surface area (Å²) in [6.07, 6.45) is 0.0299. The predicted molar refractivity (Wildman–Crippen MR) is 102 cm³/mol. The fourth-order valence-corrected chi connectivity index (χ4v) is 2.28. The highest BCUT2D eigenvalue weighted by atomic mass is 16.5. The van der Waals surface area contributed by atoms with Crippen molar-refractivity contribution >= 4 is 5.96 Å². The Balaban J connectivity index is 1.76. The van der Waals surface area contributed by atoms with Crippen molar-refractivity contribution in [3.8, 4) is 11.5 Å². The molecule has 2 aromatic rings. The third kappa shape index (κ3) is 6.37. The number of nitrogens with one attached hydrogen (secondary N) is 2. The number of hydrogen-bond acceptors (Lipinski definition) is 3. The molecular weight excluding hydrogens is 314 g/mol. The molecule has 5 nitrogen and oxygen atoms in total. The molecule has 0 aromatic heterocycles. The van der Waals surface area contributed by atoms with Gasteiger partial charge in [-0.3, -0.25) is 4.99 Å². The Morgan fingerprint density at radius 3 is 2.24 bits per heavy atom. The van der Waals surface area contributed by atoms with E-state index in [1.807, 2.05) is 55.5 Å². The van der Waals surface area contributed by atoms with E-state index in [4.69, 9.17) is 9.47 Å². The van der Waals surface area contributed by atoms with Crippen molar-refractivity contribution in [2.75, 3.05) is 20.7 Å². The fourth-order valence-electron chi connectivity index (χ4n) is 2.28. The summed E-state index contributed by atoms with van der Waals surface area (Å²) >= 11 is 0. The normalized spacial score (nSPS) is 12.4. The molecule has 0 spiro atoms. The van der Waals surface area contributed by atoms with Gasteiger partial charge < -0.3 is 20.1 Å². The summed E-state index contributed by atoms with van der Waals surface area (Å²) in [6, 6.07) is 16.0. The minimum atomic E-state index is 0.0299. The zero-order chi connectivity index (χ0) is 18.1. The number of aliphatic imine (C=N–C) groups is 1. The van der Waals surface area contributed by atoms with Crippen LogP contribution in [0.3, 0.4) is 0 Å². The average Bonchev–Trinajstić information content (AvgIpc) is 2.64. The molecule has 0 amide bonds. The van der Waals surface area contributed by atoms with Crippen molar-refractivity contribution in [2.24, 2.45) is 4.99 Å². The second kappa shape index (κ2) is 9.57. The van der Waals surface area contributed by atoms with Crippen LogP contribution in [0.5, 0.6) is 11.5 Å². The average molecular weight is 341 g/mol. The van der Waals surface area contributed by atoms with Gasteiger partial charge in [-0.2, -0.15) is 0 Å². The van der Waals surface area contributed by atoms with Crippen molar-refractivity contribution in [3.05, 3.63) is 59.7 Å². The Labute approximate surface area is 150 Å². The van der Waals surface area contributed by atoms with E-state index in [1.54, 1.807) is 14.2 Å². The number of guanidine groups is 1. The lowest BCUT2D eigenvalue weighted by Crippen LogP contribution is -2.41. The number of aryl methyl sites for hydroxylation is 1. The van der Waals surface area contributed by atoms with Crippen LogP contribution >= 0.6 is 0 Å². The molecule has 0 aliphatic heterocycles. The maximum absolute atomic E-state index is 5.89. The second-order valence-electron chi connectivity index (χ2n) is 5.90. The summed E-state index contributed by atoms with van der Waals surface area (Å²) in [5.41, 5.74) is 2.38. The highest BCUT2D eigenvalue weighted by molar-refractivity contribution is 5.79. The van der Waals surface area contributed by atoms with Crippen LogP contribution < -0.4 is 20.1 Å². The summed E-state index contributed by atoms with van der Waals surface area (Å²) in [6.45, 7) is 5.45. The summed E-state index contributed by atoms with van der Waals surface area (Å²) in [4.78, 5) is 4.24. The molecule has 0 saturated carbocycles. The van der Waals surface area contributed by atoms with E-state index in [0.717, 1.165) is 23.0 Å². The SMILES string of the molecule is CN=C(NCc1ccc(OC)cc1)NCC(C)Oc1ccc(C)cc1. The minimum Gasteiger partial charge on any atom is -0.497 e. The summed E-state index contributed by atoms with van der Waals surface area (Å²) in [5, 5.41) is 6.58. The zero-order valence-electron chi connectivity index (χ0n) is 15.4. The lowest BCUT2D eigenvalue weighted by Gasteiger charge is -2.18. The number of benzene rings is 2. The highest BCUT2D eigenvalue weighted by Gasteiger charge is 2.06. The number of methoxy groups -OCH3 is 1. The Morgan fingerprint density at radius 1 is 1.00 bits per heavy atom. The van der Waals surface area contributed by atoms with E-state index in [0.29, 0.717) is 13.1 Å². The van der Waals surface area contributed by atoms with Crippen molar-refractivity contribution in [1.29, 1.82) is 0 Å². The van der Waals surface area contributed by atoms with E-state index in [1.165, 1.54) is 5.56 Å². The van der Waals surface area contributed by atoms with Gasteiger partial charge in [0.05, 0.1) is 13.7 Å². The van der Waals surface area contributed by atoms with Crippen LogP contribution in [-0.4, -0.2) is 32.8 Å². The number of hydrogen-bond donors (Lipinski definition) is 2. The van der Waals surface area contributed by atoms with Crippen molar-refractivity contribution < 1.29 is 9.47 Å². The fraction of sp³-hybridized carbons (Fsp3) is 0.350. The van der Waals surface area contributed by atoms with Crippen molar-refractivity contribution in [2.45, 2.75) is 26.5 Å². The number of ether oxygens (including phenoxy) is 2. The summed E-state index contributed by atoms with van der Waals surface area (Å²) in [5.74, 6) is 2.48. The van der Waals surface area contributed by atoms with Gasteiger partial charge in [-0.1, -0.05) is 29.8 Å². The molecule has 1 atom stereocenters. The van der Waals surface area contributed by atoms with Gasteiger partial charge in [0.2, 0.25) is 0 Å². The first-order chi connectivity index (χ1) is 12.1. The molecule has 134 valence electrons. The van der Waals surface area contributed by atoms with Crippen LogP contribution in [0.25, 0.3) is 0 Å². The van der Waals surface area contributed by atoms with Crippen LogP contribution in [0.1, 0.15) is 18.1 Å². The molecular formula is C20H27N3O2. The van der Waals surface area contributed by atoms with Gasteiger partial charge in [0.25, 0.3) is 0 Å². The van der Waals surface area contributed by atoms with E-state index in [2.05, 4.69) is 22.5 Å². The molecule has 0 heterocycles. The van der Waals surface area contributed by atoms with Gasteiger partial charge in [-0.15, -0.1) is 0 Å². The maximum atomic E-state index is 5.89. The number of rotatable bonds is 7. The molecule has 0 aliphatic rings. The smallest absolute Gasteiger partial charge is 0.191 e. The molecule has 0 radical (unpaired) electrons. The van der Waals surface area contributed by atoms with Gasteiger partial charge in [0, 0.05) is 13.6 Å². The quantitative estimate of drug-likeness (QED) is 0.600. The third-order valence-corrected chi connectivity index (χ3v) is 3.76. The Hall–Kier alpha value is -2.69. The molecule has 5 heteroatoms. The molecule has 2 N–H and O–H groups in total. The van der Waals surface area contributed by atoms with Crippen LogP contribution in [-0.2, 0) is 6.54 Å². The van der Waals surface area contributed by atoms with Crippen LogP contribution in [0, 0.1) is 6.92 Å². The van der Waals surface area contributed by atoms with E-state index < -0.39 is 0 Å². The van der Waals surface area contributed by atoms with Crippen LogP contribution in [0.15, 0.2) is 53.5 Å². The minimum absolute atomic E-state index is 0.0299. The lowest BCUT2D eigenvalue weighted by atomic mass is 10.2. The highest BCUT2D eigenvalue weighted by Crippen LogP contribution is 2.13. The van der Waals surface area contributed by atoms with Gasteiger partial charge in [-0.25, -0.2) is 0 Å². The van der Waals surface area contributed by atoms with Gasteiger partial charge in [0.1, 0.15) is 17.6 Å². The van der Waals surface area contributed by atoms with Crippen LogP contribution in [0.4, 0.5) is 0 Å². The first kappa shape index (κ1) is 18.6. The number of nitrogens with zero attached hydrogens (tertiary/aromatic N) is 1. The Kier molecular flexibility index (Phi) is 7.14. The monoisotopic (exact) mass is 341 g/mol. The van der Waals surface area contributed by atoms with Crippen molar-refractivity contribution in [3.63, 3.8) is 0 Å². The Bertz CT molecular complexity index is 666. The molecule has 0 saturated heterocycles. The summed E-state index contributed by atoms with van der Waals surface area (Å²) < 4.78 is 11.1. The second-order valence-corrected chi connectivity index (χ2v) is 5.90. The lowest BCUT2D eigenvalue weighted by molar-refractivity contribution is 0.224. The first-order valence-electron chi connectivity index (χ1n) is 8.41. The zero-order valence-corrected chi connectivity index (χ0v) is 15.4. The molecule has 25 heavy (non-hydrogen) atoms. The Morgan fingerprint density at radius 2 is 1.64 bits per heavy atom. The van der Waals surface area contributed by atoms with Gasteiger partial charge in [-0.05, 0) is 43.7 Å². The van der Waals surface area contributed by atoms with E-state index >= 15 is 0 Å². The first-order valence-corrected chi connectivity index (χ1v) is 8.41. The molecule has 0 aliphatic carbocycles. The topological polar surface area (TPSA) is 54.9 Å². The molecule has 0 bridgehead atoms. The van der Waals surface area contributed by atoms with Crippen LogP contribution in [0.2, 0.25) is 0 Å². The maximum Gasteiger partial charge on any atom is 0.191 e. The van der Waals surface area contributed by atoms with Gasteiger partial charge >= 0.3 is 0 Å². The largest absolute Gasteiger partial charge is 0.497 e. The molecule has 2 rings (SSSR count). The van der Waals surface area contributed by atoms with Gasteiger partial charge in [0.15, 0.2) is 5.96 Å². The molecule has 2 aromatic carbocycles. The summed E-state index contributed by atoms with van der Waals surface area (Å²) in [7, 11) is 3.42. The molecule has 1 unspecified atom stereocenters. The third-order valence-electron chi connectivity index (χ3n) is 3.76.